The van der Waals surface area contributed by atoms with Crippen molar-refractivity contribution in [3.05, 3.63) is 46.3 Å². The van der Waals surface area contributed by atoms with Crippen LogP contribution < -0.4 is 9.64 Å². The minimum Gasteiger partial charge on any atom is -0.434 e. The van der Waals surface area contributed by atoms with Crippen LogP contribution in [0, 0.1) is 17.0 Å². The zero-order chi connectivity index (χ0) is 18.5. The Kier molecular flexibility index (Phi) is 5.59. The van der Waals surface area contributed by atoms with Crippen molar-refractivity contribution in [1.29, 1.82) is 0 Å². The van der Waals surface area contributed by atoms with Crippen molar-refractivity contribution in [3.8, 4) is 11.6 Å². The maximum Gasteiger partial charge on any atom is 0.373 e. The minimum atomic E-state index is -0.501. The van der Waals surface area contributed by atoms with Crippen molar-refractivity contribution in [1.82, 2.24) is 14.9 Å². The van der Waals surface area contributed by atoms with Gasteiger partial charge < -0.3 is 14.7 Å². The number of nitrogens with zero attached hydrogens (tertiary/aromatic N) is 5. The van der Waals surface area contributed by atoms with Crippen molar-refractivity contribution in [2.45, 2.75) is 6.92 Å². The van der Waals surface area contributed by atoms with Gasteiger partial charge in [-0.1, -0.05) is 17.7 Å². The fourth-order valence-electron chi connectivity index (χ4n) is 2.86. The van der Waals surface area contributed by atoms with Crippen LogP contribution in [0.4, 0.5) is 11.5 Å². The molecular formula is C17H21N5O4. The van der Waals surface area contributed by atoms with Gasteiger partial charge in [-0.2, -0.15) is 4.98 Å². The molecule has 1 aliphatic heterocycles. The summed E-state index contributed by atoms with van der Waals surface area (Å²) >= 11 is 0. The molecule has 0 amide bonds. The highest BCUT2D eigenvalue weighted by Crippen LogP contribution is 2.36. The molecule has 26 heavy (non-hydrogen) atoms. The Morgan fingerprint density at radius 1 is 1.19 bits per heavy atom. The molecular weight excluding hydrogens is 338 g/mol. The van der Waals surface area contributed by atoms with Gasteiger partial charge in [-0.05, 0) is 19.1 Å². The summed E-state index contributed by atoms with van der Waals surface area (Å²) in [6.07, 6.45) is 1.28. The number of nitro groups is 1. The Balaban J connectivity index is 1.85. The van der Waals surface area contributed by atoms with Crippen molar-refractivity contribution < 1.29 is 14.8 Å². The van der Waals surface area contributed by atoms with Gasteiger partial charge in [0.2, 0.25) is 5.82 Å². The third kappa shape index (κ3) is 4.06. The van der Waals surface area contributed by atoms with Crippen LogP contribution in [-0.4, -0.2) is 64.2 Å². The Morgan fingerprint density at radius 2 is 1.88 bits per heavy atom. The number of piperazine rings is 1. The fraction of sp³-hybridized carbons (Fsp3) is 0.412. The lowest BCUT2D eigenvalue weighted by Gasteiger charge is -2.34. The minimum absolute atomic E-state index is 0.0679. The standard InChI is InChI=1S/C17H21N5O4/c1-13-2-4-14(5-3-13)26-17-15(22(24)25)16(18-12-19-17)21-8-6-20(7-9-21)10-11-23/h2-5,12,23H,6-11H2,1H3. The topological polar surface area (TPSA) is 105 Å². The molecule has 0 bridgehead atoms. The summed E-state index contributed by atoms with van der Waals surface area (Å²) in [6, 6.07) is 7.22. The smallest absolute Gasteiger partial charge is 0.373 e. The highest BCUT2D eigenvalue weighted by molar-refractivity contribution is 5.63. The van der Waals surface area contributed by atoms with E-state index in [4.69, 9.17) is 9.84 Å². The van der Waals surface area contributed by atoms with E-state index in [-0.39, 0.29) is 24.0 Å². The van der Waals surface area contributed by atoms with Crippen LogP contribution in [0.1, 0.15) is 5.56 Å². The summed E-state index contributed by atoms with van der Waals surface area (Å²) < 4.78 is 5.65. The van der Waals surface area contributed by atoms with Crippen LogP contribution in [0.2, 0.25) is 0 Å². The molecule has 2 heterocycles. The fourth-order valence-corrected chi connectivity index (χ4v) is 2.86. The summed E-state index contributed by atoms with van der Waals surface area (Å²) in [6.45, 7) is 5.23. The molecule has 1 saturated heterocycles. The monoisotopic (exact) mass is 359 g/mol. The number of aliphatic hydroxyl groups is 1. The molecule has 9 heteroatoms. The van der Waals surface area contributed by atoms with Gasteiger partial charge in [0.05, 0.1) is 11.5 Å². The molecule has 138 valence electrons. The lowest BCUT2D eigenvalue weighted by molar-refractivity contribution is -0.385. The molecule has 1 aromatic carbocycles. The predicted molar refractivity (Wildman–Crippen MR) is 95.7 cm³/mol. The highest BCUT2D eigenvalue weighted by Gasteiger charge is 2.30. The molecule has 0 spiro atoms. The number of aryl methyl sites for hydroxylation is 1. The van der Waals surface area contributed by atoms with E-state index in [0.717, 1.165) is 5.56 Å². The average molecular weight is 359 g/mol. The molecule has 0 radical (unpaired) electrons. The second-order valence-corrected chi connectivity index (χ2v) is 6.08. The molecule has 0 unspecified atom stereocenters. The number of aromatic nitrogens is 2. The quantitative estimate of drug-likeness (QED) is 0.612. The second kappa shape index (κ2) is 8.07. The van der Waals surface area contributed by atoms with Gasteiger partial charge in [0.15, 0.2) is 0 Å². The third-order valence-corrected chi connectivity index (χ3v) is 4.28. The van der Waals surface area contributed by atoms with Gasteiger partial charge >= 0.3 is 11.6 Å². The zero-order valence-electron chi connectivity index (χ0n) is 14.5. The summed E-state index contributed by atoms with van der Waals surface area (Å²) in [4.78, 5) is 23.2. The first kappa shape index (κ1) is 18.0. The first-order valence-corrected chi connectivity index (χ1v) is 8.40. The Labute approximate surface area is 151 Å². The van der Waals surface area contributed by atoms with Crippen LogP contribution in [0.5, 0.6) is 11.6 Å². The first-order chi connectivity index (χ1) is 12.6. The normalized spacial score (nSPS) is 15.1. The Morgan fingerprint density at radius 3 is 2.50 bits per heavy atom. The molecule has 1 fully saturated rings. The lowest BCUT2D eigenvalue weighted by atomic mass is 10.2. The van der Waals surface area contributed by atoms with E-state index in [1.807, 2.05) is 24.0 Å². The number of hydrogen-bond acceptors (Lipinski definition) is 8. The van der Waals surface area contributed by atoms with Crippen LogP contribution in [0.15, 0.2) is 30.6 Å². The van der Waals surface area contributed by atoms with Gasteiger partial charge in [0.1, 0.15) is 12.1 Å². The van der Waals surface area contributed by atoms with Crippen molar-refractivity contribution in [3.63, 3.8) is 0 Å². The van der Waals surface area contributed by atoms with E-state index in [1.165, 1.54) is 6.33 Å². The molecule has 0 atom stereocenters. The molecule has 1 N–H and O–H groups in total. The Bertz CT molecular complexity index is 760. The molecule has 0 saturated carbocycles. The van der Waals surface area contributed by atoms with Gasteiger partial charge in [-0.25, -0.2) is 4.98 Å². The van der Waals surface area contributed by atoms with E-state index >= 15 is 0 Å². The van der Waals surface area contributed by atoms with Crippen molar-refractivity contribution in [2.75, 3.05) is 44.2 Å². The summed E-state index contributed by atoms with van der Waals surface area (Å²) in [7, 11) is 0. The number of ether oxygens (including phenoxy) is 1. The maximum atomic E-state index is 11.7. The van der Waals surface area contributed by atoms with Crippen LogP contribution >= 0.6 is 0 Å². The zero-order valence-corrected chi connectivity index (χ0v) is 14.5. The van der Waals surface area contributed by atoms with Gasteiger partial charge in [0.25, 0.3) is 0 Å². The van der Waals surface area contributed by atoms with E-state index in [2.05, 4.69) is 14.9 Å². The maximum absolute atomic E-state index is 11.7. The van der Waals surface area contributed by atoms with Crippen LogP contribution in [0.25, 0.3) is 0 Å². The van der Waals surface area contributed by atoms with E-state index in [1.54, 1.807) is 12.1 Å². The van der Waals surface area contributed by atoms with Crippen molar-refractivity contribution in [2.24, 2.45) is 0 Å². The largest absolute Gasteiger partial charge is 0.434 e. The van der Waals surface area contributed by atoms with E-state index in [0.29, 0.717) is 38.5 Å². The first-order valence-electron chi connectivity index (χ1n) is 8.40. The average Bonchev–Trinajstić information content (AvgIpc) is 2.64. The summed E-state index contributed by atoms with van der Waals surface area (Å²) in [5.41, 5.74) is 0.833. The van der Waals surface area contributed by atoms with E-state index in [9.17, 15) is 10.1 Å². The molecule has 0 aliphatic carbocycles. The summed E-state index contributed by atoms with van der Waals surface area (Å²) in [5.74, 6) is 0.675. The predicted octanol–water partition coefficient (Wildman–Crippen LogP) is 1.60. The SMILES string of the molecule is Cc1ccc(Oc2ncnc(N3CCN(CCO)CC3)c2[N+](=O)[O-])cc1. The third-order valence-electron chi connectivity index (χ3n) is 4.28. The van der Waals surface area contributed by atoms with E-state index < -0.39 is 4.92 Å². The Hall–Kier alpha value is -2.78. The van der Waals surface area contributed by atoms with Gasteiger partial charge in [-0.3, -0.25) is 15.0 Å². The highest BCUT2D eigenvalue weighted by atomic mass is 16.6. The molecule has 2 aromatic rings. The van der Waals surface area contributed by atoms with Gasteiger partial charge in [0, 0.05) is 32.7 Å². The number of anilines is 1. The van der Waals surface area contributed by atoms with Crippen LogP contribution in [-0.2, 0) is 0 Å². The van der Waals surface area contributed by atoms with Gasteiger partial charge in [-0.15, -0.1) is 0 Å². The lowest BCUT2D eigenvalue weighted by Crippen LogP contribution is -2.47. The van der Waals surface area contributed by atoms with Crippen LogP contribution in [0.3, 0.4) is 0 Å². The second-order valence-electron chi connectivity index (χ2n) is 6.08. The number of benzene rings is 1. The molecule has 3 rings (SSSR count). The number of aliphatic hydroxyl groups excluding tert-OH is 1. The molecule has 9 nitrogen and oxygen atoms in total. The number of rotatable bonds is 6. The van der Waals surface area contributed by atoms with Crippen molar-refractivity contribution >= 4 is 11.5 Å². The number of hydrogen-bond donors (Lipinski definition) is 1. The molecule has 1 aliphatic rings. The number of β-amino-alcohol motifs (C(OH)–C–C–N with tert-alkyl or cyclic N) is 1. The molecule has 1 aromatic heterocycles. The summed E-state index contributed by atoms with van der Waals surface area (Å²) in [5, 5.41) is 20.7.